The van der Waals surface area contributed by atoms with Crippen molar-refractivity contribution in [2.45, 2.75) is 31.7 Å². The number of piperidine rings is 1. The van der Waals surface area contributed by atoms with Gasteiger partial charge in [-0.3, -0.25) is 0 Å². The number of hydrogen-bond donors (Lipinski definition) is 1. The standard InChI is InChI=1S/C11H19N3O/c1-14(11-13-7-9-15-11)8-5-10-4-2-3-6-12-10/h7,9-10,12H,2-6,8H2,1H3. The third-order valence-electron chi connectivity index (χ3n) is 2.97. The number of rotatable bonds is 4. The van der Waals surface area contributed by atoms with Crippen molar-refractivity contribution in [2.24, 2.45) is 0 Å². The molecule has 0 bridgehead atoms. The van der Waals surface area contributed by atoms with Crippen LogP contribution in [-0.2, 0) is 0 Å². The molecule has 0 amide bonds. The summed E-state index contributed by atoms with van der Waals surface area (Å²) in [6.07, 6.45) is 8.46. The van der Waals surface area contributed by atoms with Crippen LogP contribution in [0.25, 0.3) is 0 Å². The smallest absolute Gasteiger partial charge is 0.296 e. The predicted molar refractivity (Wildman–Crippen MR) is 60.0 cm³/mol. The van der Waals surface area contributed by atoms with Gasteiger partial charge in [0.15, 0.2) is 0 Å². The molecule has 1 N–H and O–H groups in total. The molecule has 1 fully saturated rings. The molecule has 4 heteroatoms. The van der Waals surface area contributed by atoms with E-state index in [1.165, 1.54) is 32.2 Å². The third kappa shape index (κ3) is 2.96. The molecule has 4 nitrogen and oxygen atoms in total. The monoisotopic (exact) mass is 209 g/mol. The maximum atomic E-state index is 5.23. The van der Waals surface area contributed by atoms with Gasteiger partial charge in [-0.25, -0.2) is 4.98 Å². The quantitative estimate of drug-likeness (QED) is 0.818. The first-order valence-electron chi connectivity index (χ1n) is 5.70. The topological polar surface area (TPSA) is 41.3 Å². The van der Waals surface area contributed by atoms with Crippen molar-refractivity contribution in [1.82, 2.24) is 10.3 Å². The summed E-state index contributed by atoms with van der Waals surface area (Å²) in [5.41, 5.74) is 0. The van der Waals surface area contributed by atoms with Gasteiger partial charge in [-0.2, -0.15) is 0 Å². The van der Waals surface area contributed by atoms with Crippen LogP contribution in [0.15, 0.2) is 16.9 Å². The molecule has 0 aliphatic carbocycles. The van der Waals surface area contributed by atoms with Crippen LogP contribution in [-0.4, -0.2) is 31.2 Å². The first kappa shape index (κ1) is 10.5. The molecule has 0 spiro atoms. The molecule has 1 atom stereocenters. The Morgan fingerprint density at radius 3 is 3.20 bits per heavy atom. The van der Waals surface area contributed by atoms with Gasteiger partial charge in [0.1, 0.15) is 6.26 Å². The molecule has 1 aliphatic rings. The molecule has 1 unspecified atom stereocenters. The van der Waals surface area contributed by atoms with Crippen LogP contribution in [0, 0.1) is 0 Å². The van der Waals surface area contributed by atoms with Crippen molar-refractivity contribution in [3.05, 3.63) is 12.5 Å². The Balaban J connectivity index is 1.73. The molecule has 1 aromatic heterocycles. The second-order valence-corrected chi connectivity index (χ2v) is 4.17. The Bertz CT molecular complexity index is 267. The number of hydrogen-bond acceptors (Lipinski definition) is 4. The molecular weight excluding hydrogens is 190 g/mol. The van der Waals surface area contributed by atoms with Crippen molar-refractivity contribution in [3.63, 3.8) is 0 Å². The highest BCUT2D eigenvalue weighted by molar-refractivity contribution is 5.22. The van der Waals surface area contributed by atoms with Gasteiger partial charge in [-0.05, 0) is 25.8 Å². The van der Waals surface area contributed by atoms with Crippen LogP contribution in [0.3, 0.4) is 0 Å². The minimum atomic E-state index is 0.677. The normalized spacial score (nSPS) is 21.5. The maximum Gasteiger partial charge on any atom is 0.296 e. The second kappa shape index (κ2) is 5.16. The van der Waals surface area contributed by atoms with E-state index in [1.54, 1.807) is 12.5 Å². The van der Waals surface area contributed by atoms with Crippen LogP contribution in [0.5, 0.6) is 0 Å². The average Bonchev–Trinajstić information content (AvgIpc) is 2.81. The molecule has 1 saturated heterocycles. The summed E-state index contributed by atoms with van der Waals surface area (Å²) in [6, 6.07) is 1.39. The van der Waals surface area contributed by atoms with E-state index >= 15 is 0 Å². The Kier molecular flexibility index (Phi) is 3.61. The highest BCUT2D eigenvalue weighted by atomic mass is 16.4. The van der Waals surface area contributed by atoms with Crippen molar-refractivity contribution in [2.75, 3.05) is 25.0 Å². The van der Waals surface area contributed by atoms with Crippen LogP contribution in [0.1, 0.15) is 25.7 Å². The molecule has 0 saturated carbocycles. The molecule has 1 aliphatic heterocycles. The Labute approximate surface area is 90.7 Å². The zero-order valence-corrected chi connectivity index (χ0v) is 9.28. The number of aromatic nitrogens is 1. The molecule has 2 rings (SSSR count). The zero-order valence-electron chi connectivity index (χ0n) is 9.28. The van der Waals surface area contributed by atoms with Gasteiger partial charge in [0, 0.05) is 19.6 Å². The van der Waals surface area contributed by atoms with E-state index in [0.29, 0.717) is 12.1 Å². The summed E-state index contributed by atoms with van der Waals surface area (Å²) >= 11 is 0. The number of nitrogens with one attached hydrogen (secondary N) is 1. The van der Waals surface area contributed by atoms with Gasteiger partial charge in [0.2, 0.25) is 0 Å². The van der Waals surface area contributed by atoms with E-state index in [4.69, 9.17) is 4.42 Å². The molecule has 84 valence electrons. The van der Waals surface area contributed by atoms with E-state index in [-0.39, 0.29) is 0 Å². The van der Waals surface area contributed by atoms with Crippen molar-refractivity contribution < 1.29 is 4.42 Å². The maximum absolute atomic E-state index is 5.23. The largest absolute Gasteiger partial charge is 0.432 e. The first-order chi connectivity index (χ1) is 7.36. The summed E-state index contributed by atoms with van der Waals surface area (Å²) in [7, 11) is 2.02. The molecule has 15 heavy (non-hydrogen) atoms. The Hall–Kier alpha value is -1.03. The number of anilines is 1. The molecule has 2 heterocycles. The Morgan fingerprint density at radius 2 is 2.53 bits per heavy atom. The van der Waals surface area contributed by atoms with Gasteiger partial charge in [0.05, 0.1) is 6.20 Å². The summed E-state index contributed by atoms with van der Waals surface area (Å²) in [5.74, 6) is 0. The van der Waals surface area contributed by atoms with Crippen LogP contribution >= 0.6 is 0 Å². The Morgan fingerprint density at radius 1 is 1.60 bits per heavy atom. The van der Waals surface area contributed by atoms with Crippen molar-refractivity contribution >= 4 is 6.01 Å². The number of nitrogens with zero attached hydrogens (tertiary/aromatic N) is 2. The lowest BCUT2D eigenvalue weighted by Gasteiger charge is -2.25. The van der Waals surface area contributed by atoms with Crippen LogP contribution in [0.2, 0.25) is 0 Å². The first-order valence-corrected chi connectivity index (χ1v) is 5.70. The van der Waals surface area contributed by atoms with E-state index in [2.05, 4.69) is 15.2 Å². The summed E-state index contributed by atoms with van der Waals surface area (Å²) < 4.78 is 5.23. The average molecular weight is 209 g/mol. The van der Waals surface area contributed by atoms with Crippen LogP contribution < -0.4 is 10.2 Å². The van der Waals surface area contributed by atoms with E-state index in [9.17, 15) is 0 Å². The third-order valence-corrected chi connectivity index (χ3v) is 2.97. The molecular formula is C11H19N3O. The van der Waals surface area contributed by atoms with Crippen molar-refractivity contribution in [3.8, 4) is 0 Å². The highest BCUT2D eigenvalue weighted by Gasteiger charge is 2.14. The van der Waals surface area contributed by atoms with Gasteiger partial charge in [0.25, 0.3) is 6.01 Å². The minimum absolute atomic E-state index is 0.677. The van der Waals surface area contributed by atoms with Gasteiger partial charge in [-0.1, -0.05) is 6.42 Å². The fourth-order valence-corrected chi connectivity index (χ4v) is 2.02. The SMILES string of the molecule is CN(CCC1CCCCN1)c1ncco1. The summed E-state index contributed by atoms with van der Waals surface area (Å²) in [6.45, 7) is 2.17. The minimum Gasteiger partial charge on any atom is -0.432 e. The van der Waals surface area contributed by atoms with E-state index in [1.807, 2.05) is 7.05 Å². The van der Waals surface area contributed by atoms with Gasteiger partial charge < -0.3 is 14.6 Å². The lowest BCUT2D eigenvalue weighted by atomic mass is 10.0. The van der Waals surface area contributed by atoms with Gasteiger partial charge in [-0.15, -0.1) is 0 Å². The lowest BCUT2D eigenvalue weighted by Crippen LogP contribution is -2.36. The number of oxazole rings is 1. The summed E-state index contributed by atoms with van der Waals surface area (Å²) in [5, 5.41) is 3.54. The summed E-state index contributed by atoms with van der Waals surface area (Å²) in [4.78, 5) is 6.18. The van der Waals surface area contributed by atoms with Crippen LogP contribution in [0.4, 0.5) is 6.01 Å². The lowest BCUT2D eigenvalue weighted by molar-refractivity contribution is 0.382. The molecule has 0 aromatic carbocycles. The molecule has 0 radical (unpaired) electrons. The highest BCUT2D eigenvalue weighted by Crippen LogP contribution is 2.13. The van der Waals surface area contributed by atoms with Gasteiger partial charge >= 0.3 is 0 Å². The van der Waals surface area contributed by atoms with E-state index < -0.39 is 0 Å². The fraction of sp³-hybridized carbons (Fsp3) is 0.727. The van der Waals surface area contributed by atoms with E-state index in [0.717, 1.165) is 6.54 Å². The predicted octanol–water partition coefficient (Wildman–Crippen LogP) is 1.64. The zero-order chi connectivity index (χ0) is 10.5. The van der Waals surface area contributed by atoms with Crippen molar-refractivity contribution in [1.29, 1.82) is 0 Å². The molecule has 1 aromatic rings. The fourth-order valence-electron chi connectivity index (χ4n) is 2.02. The second-order valence-electron chi connectivity index (χ2n) is 4.17.